The van der Waals surface area contributed by atoms with Crippen LogP contribution in [0.1, 0.15) is 17.7 Å². The summed E-state index contributed by atoms with van der Waals surface area (Å²) in [6.45, 7) is 2.31. The summed E-state index contributed by atoms with van der Waals surface area (Å²) in [5.41, 5.74) is 0. The topological polar surface area (TPSA) is 74.7 Å². The second kappa shape index (κ2) is 5.51. The number of hydrogen-bond acceptors (Lipinski definition) is 4. The first-order valence-corrected chi connectivity index (χ1v) is 8.86. The Morgan fingerprint density at radius 2 is 2.05 bits per heavy atom. The molecule has 0 radical (unpaired) electrons. The Hall–Kier alpha value is -0.440. The van der Waals surface area contributed by atoms with Crippen LogP contribution in [0.2, 0.25) is 0 Å². The van der Waals surface area contributed by atoms with Crippen LogP contribution in [0.25, 0.3) is 0 Å². The Balaban J connectivity index is 2.19. The molecule has 1 aromatic rings. The highest BCUT2D eigenvalue weighted by atomic mass is 79.9. The van der Waals surface area contributed by atoms with E-state index in [1.165, 1.54) is 15.6 Å². The van der Waals surface area contributed by atoms with Gasteiger partial charge in [-0.05, 0) is 41.8 Å². The molecule has 19 heavy (non-hydrogen) atoms. The molecular formula is C11H14BrNO4S2. The van der Waals surface area contributed by atoms with Gasteiger partial charge in [0.25, 0.3) is 0 Å². The van der Waals surface area contributed by atoms with E-state index in [9.17, 15) is 13.2 Å². The SMILES string of the molecule is Cc1sc(Br)cc1S(=O)(=O)N1CCC(C(=O)O)CC1. The summed E-state index contributed by atoms with van der Waals surface area (Å²) in [5, 5.41) is 8.92. The monoisotopic (exact) mass is 367 g/mol. The summed E-state index contributed by atoms with van der Waals surface area (Å²) in [7, 11) is -3.50. The van der Waals surface area contributed by atoms with Crippen molar-refractivity contribution in [2.24, 2.45) is 5.92 Å². The molecular weight excluding hydrogens is 354 g/mol. The Morgan fingerprint density at radius 1 is 1.47 bits per heavy atom. The molecule has 0 aliphatic carbocycles. The van der Waals surface area contributed by atoms with Crippen LogP contribution < -0.4 is 0 Å². The molecule has 0 atom stereocenters. The Labute approximate surface area is 124 Å². The van der Waals surface area contributed by atoms with E-state index in [4.69, 9.17) is 5.11 Å². The molecule has 1 aliphatic rings. The zero-order valence-corrected chi connectivity index (χ0v) is 13.5. The third-order valence-corrected chi connectivity index (χ3v) is 6.97. The second-order valence-corrected chi connectivity index (χ2v) is 9.03. The van der Waals surface area contributed by atoms with E-state index in [-0.39, 0.29) is 13.1 Å². The van der Waals surface area contributed by atoms with Crippen molar-refractivity contribution in [3.63, 3.8) is 0 Å². The van der Waals surface area contributed by atoms with Crippen molar-refractivity contribution in [2.45, 2.75) is 24.7 Å². The van der Waals surface area contributed by atoms with Crippen LogP contribution in [0, 0.1) is 12.8 Å². The predicted octanol–water partition coefficient (Wildman–Crippen LogP) is 2.30. The number of rotatable bonds is 3. The number of carboxylic acids is 1. The number of thiophene rings is 1. The van der Waals surface area contributed by atoms with Gasteiger partial charge in [0.2, 0.25) is 10.0 Å². The van der Waals surface area contributed by atoms with E-state index in [1.54, 1.807) is 13.0 Å². The van der Waals surface area contributed by atoms with Crippen LogP contribution in [0.15, 0.2) is 14.7 Å². The maximum atomic E-state index is 12.5. The van der Waals surface area contributed by atoms with Gasteiger partial charge in [0.1, 0.15) is 0 Å². The van der Waals surface area contributed by atoms with Crippen LogP contribution in [-0.2, 0) is 14.8 Å². The van der Waals surface area contributed by atoms with Gasteiger partial charge < -0.3 is 5.11 Å². The number of nitrogens with zero attached hydrogens (tertiary/aromatic N) is 1. The fraction of sp³-hybridized carbons (Fsp3) is 0.545. The number of aliphatic carboxylic acids is 1. The first kappa shape index (κ1) is 15.0. The largest absolute Gasteiger partial charge is 0.481 e. The third-order valence-electron chi connectivity index (χ3n) is 3.26. The maximum absolute atomic E-state index is 12.5. The van der Waals surface area contributed by atoms with Crippen molar-refractivity contribution in [1.29, 1.82) is 0 Å². The molecule has 1 saturated heterocycles. The molecule has 0 spiro atoms. The summed E-state index contributed by atoms with van der Waals surface area (Å²) >= 11 is 4.67. The van der Waals surface area contributed by atoms with E-state index in [0.717, 1.165) is 8.66 Å². The molecule has 2 rings (SSSR count). The van der Waals surface area contributed by atoms with Gasteiger partial charge >= 0.3 is 5.97 Å². The highest BCUT2D eigenvalue weighted by molar-refractivity contribution is 9.11. The molecule has 106 valence electrons. The van der Waals surface area contributed by atoms with Crippen molar-refractivity contribution in [1.82, 2.24) is 4.31 Å². The minimum atomic E-state index is -3.50. The first-order valence-electron chi connectivity index (χ1n) is 5.81. The summed E-state index contributed by atoms with van der Waals surface area (Å²) in [6.07, 6.45) is 0.748. The van der Waals surface area contributed by atoms with Gasteiger partial charge in [0, 0.05) is 18.0 Å². The molecule has 2 heterocycles. The summed E-state index contributed by atoms with van der Waals surface area (Å²) in [5.74, 6) is -1.27. The number of aryl methyl sites for hydroxylation is 1. The zero-order valence-electron chi connectivity index (χ0n) is 10.3. The molecule has 0 bridgehead atoms. The van der Waals surface area contributed by atoms with Gasteiger partial charge in [-0.15, -0.1) is 11.3 Å². The molecule has 5 nitrogen and oxygen atoms in total. The van der Waals surface area contributed by atoms with Crippen LogP contribution in [0.3, 0.4) is 0 Å². The standard InChI is InChI=1S/C11H14BrNO4S2/c1-7-9(6-10(12)18-7)19(16,17)13-4-2-8(3-5-13)11(14)15/h6,8H,2-5H2,1H3,(H,14,15). The minimum Gasteiger partial charge on any atom is -0.481 e. The van der Waals surface area contributed by atoms with Gasteiger partial charge in [-0.2, -0.15) is 4.31 Å². The van der Waals surface area contributed by atoms with Gasteiger partial charge in [-0.3, -0.25) is 4.79 Å². The van der Waals surface area contributed by atoms with Crippen molar-refractivity contribution in [3.05, 3.63) is 14.7 Å². The second-order valence-electron chi connectivity index (χ2n) is 4.49. The van der Waals surface area contributed by atoms with Gasteiger partial charge in [-0.25, -0.2) is 8.42 Å². The number of hydrogen-bond donors (Lipinski definition) is 1. The summed E-state index contributed by atoms with van der Waals surface area (Å²) in [4.78, 5) is 11.9. The predicted molar refractivity (Wildman–Crippen MR) is 75.9 cm³/mol. The number of sulfonamides is 1. The average molecular weight is 368 g/mol. The molecule has 0 amide bonds. The van der Waals surface area contributed by atoms with Crippen LogP contribution in [0.5, 0.6) is 0 Å². The van der Waals surface area contributed by atoms with E-state index in [2.05, 4.69) is 15.9 Å². The lowest BCUT2D eigenvalue weighted by molar-refractivity contribution is -0.142. The normalized spacial score (nSPS) is 18.6. The van der Waals surface area contributed by atoms with Gasteiger partial charge in [0.15, 0.2) is 0 Å². The van der Waals surface area contributed by atoms with Crippen LogP contribution >= 0.6 is 27.3 Å². The lowest BCUT2D eigenvalue weighted by Crippen LogP contribution is -2.40. The van der Waals surface area contributed by atoms with Crippen LogP contribution in [0.4, 0.5) is 0 Å². The lowest BCUT2D eigenvalue weighted by Gasteiger charge is -2.29. The van der Waals surface area contributed by atoms with Crippen molar-refractivity contribution >= 4 is 43.3 Å². The quantitative estimate of drug-likeness (QED) is 0.889. The smallest absolute Gasteiger partial charge is 0.306 e. The molecule has 1 N–H and O–H groups in total. The third kappa shape index (κ3) is 3.01. The summed E-state index contributed by atoms with van der Waals surface area (Å²) in [6, 6.07) is 1.61. The van der Waals surface area contributed by atoms with E-state index in [1.807, 2.05) is 0 Å². The maximum Gasteiger partial charge on any atom is 0.306 e. The van der Waals surface area contributed by atoms with Crippen LogP contribution in [-0.4, -0.2) is 36.9 Å². The van der Waals surface area contributed by atoms with Gasteiger partial charge in [-0.1, -0.05) is 0 Å². The van der Waals surface area contributed by atoms with Crippen molar-refractivity contribution in [2.75, 3.05) is 13.1 Å². The zero-order chi connectivity index (χ0) is 14.2. The fourth-order valence-electron chi connectivity index (χ4n) is 2.17. The molecule has 0 saturated carbocycles. The van der Waals surface area contributed by atoms with Crippen molar-refractivity contribution < 1.29 is 18.3 Å². The van der Waals surface area contributed by atoms with E-state index in [0.29, 0.717) is 17.7 Å². The molecule has 0 aromatic carbocycles. The number of halogens is 1. The molecule has 1 fully saturated rings. The highest BCUT2D eigenvalue weighted by Gasteiger charge is 2.33. The van der Waals surface area contributed by atoms with E-state index >= 15 is 0 Å². The lowest BCUT2D eigenvalue weighted by atomic mass is 9.99. The number of carboxylic acid groups (broad SMARTS) is 1. The Kier molecular flexibility index (Phi) is 4.34. The number of piperidine rings is 1. The molecule has 1 aliphatic heterocycles. The van der Waals surface area contributed by atoms with Gasteiger partial charge in [0.05, 0.1) is 14.6 Å². The Bertz CT molecular complexity index is 588. The average Bonchev–Trinajstić information content (AvgIpc) is 2.69. The fourth-order valence-corrected chi connectivity index (χ4v) is 6.02. The molecule has 0 unspecified atom stereocenters. The highest BCUT2D eigenvalue weighted by Crippen LogP contribution is 2.33. The van der Waals surface area contributed by atoms with E-state index < -0.39 is 21.9 Å². The molecule has 8 heteroatoms. The summed E-state index contributed by atoms with van der Waals surface area (Å²) < 4.78 is 27.1. The van der Waals surface area contributed by atoms with Crippen molar-refractivity contribution in [3.8, 4) is 0 Å². The minimum absolute atomic E-state index is 0.270. The number of carbonyl (C=O) groups is 1. The molecule has 1 aromatic heterocycles. The Morgan fingerprint density at radius 3 is 2.47 bits per heavy atom. The first-order chi connectivity index (χ1) is 8.82.